The predicted molar refractivity (Wildman–Crippen MR) is 79.5 cm³/mol. The lowest BCUT2D eigenvalue weighted by Crippen LogP contribution is -2.48. The van der Waals surface area contributed by atoms with Gasteiger partial charge in [0.25, 0.3) is 0 Å². The predicted octanol–water partition coefficient (Wildman–Crippen LogP) is 1.79. The summed E-state index contributed by atoms with van der Waals surface area (Å²) >= 11 is 0. The van der Waals surface area contributed by atoms with Gasteiger partial charge in [0.1, 0.15) is 0 Å². The van der Waals surface area contributed by atoms with Crippen molar-refractivity contribution >= 4 is 11.9 Å². The van der Waals surface area contributed by atoms with E-state index in [0.29, 0.717) is 13.0 Å². The molecule has 1 amide bonds. The number of aliphatic carboxylic acids is 1. The number of carbonyl (C=O) groups excluding carboxylic acids is 1. The van der Waals surface area contributed by atoms with E-state index in [1.807, 2.05) is 30.3 Å². The van der Waals surface area contributed by atoms with Crippen LogP contribution in [0, 0.1) is 5.41 Å². The summed E-state index contributed by atoms with van der Waals surface area (Å²) in [5.74, 6) is -0.911. The zero-order valence-corrected chi connectivity index (χ0v) is 12.3. The van der Waals surface area contributed by atoms with E-state index in [1.54, 1.807) is 11.8 Å². The molecule has 2 unspecified atom stereocenters. The average Bonchev–Trinajstić information content (AvgIpc) is 2.48. The Balaban J connectivity index is 1.99. The molecule has 0 aromatic heterocycles. The van der Waals surface area contributed by atoms with Crippen molar-refractivity contribution in [2.75, 3.05) is 13.1 Å². The van der Waals surface area contributed by atoms with Crippen LogP contribution in [-0.4, -0.2) is 35.0 Å². The second-order valence-electron chi connectivity index (χ2n) is 6.01. The van der Waals surface area contributed by atoms with Crippen molar-refractivity contribution in [3.63, 3.8) is 0 Å². The van der Waals surface area contributed by atoms with Crippen LogP contribution in [0.4, 0.5) is 0 Å². The standard InChI is InChI=1S/C16H22N2O3/c1-16(15(20)21)8-5-9-18(11-16)14(19)10-13(17)12-6-3-2-4-7-12/h2-4,6-7,13H,5,8-11,17H2,1H3,(H,20,21). The normalized spacial score (nSPS) is 23.6. The Labute approximate surface area is 124 Å². The summed E-state index contributed by atoms with van der Waals surface area (Å²) in [5, 5.41) is 9.29. The van der Waals surface area contributed by atoms with Crippen molar-refractivity contribution < 1.29 is 14.7 Å². The first-order valence-corrected chi connectivity index (χ1v) is 7.24. The molecule has 21 heavy (non-hydrogen) atoms. The second kappa shape index (κ2) is 6.26. The summed E-state index contributed by atoms with van der Waals surface area (Å²) < 4.78 is 0. The molecule has 5 nitrogen and oxygen atoms in total. The quantitative estimate of drug-likeness (QED) is 0.885. The highest BCUT2D eigenvalue weighted by Gasteiger charge is 2.39. The van der Waals surface area contributed by atoms with Gasteiger partial charge in [-0.1, -0.05) is 30.3 Å². The lowest BCUT2D eigenvalue weighted by atomic mass is 9.82. The van der Waals surface area contributed by atoms with E-state index in [1.165, 1.54) is 0 Å². The molecule has 1 heterocycles. The van der Waals surface area contributed by atoms with Gasteiger partial charge in [-0.05, 0) is 25.3 Å². The third kappa shape index (κ3) is 3.61. The Morgan fingerprint density at radius 2 is 2.05 bits per heavy atom. The number of carboxylic acids is 1. The van der Waals surface area contributed by atoms with E-state index in [2.05, 4.69) is 0 Å². The van der Waals surface area contributed by atoms with Crippen LogP contribution in [0.3, 0.4) is 0 Å². The Morgan fingerprint density at radius 3 is 2.67 bits per heavy atom. The molecule has 0 bridgehead atoms. The zero-order chi connectivity index (χ0) is 15.5. The molecule has 1 aliphatic heterocycles. The summed E-state index contributed by atoms with van der Waals surface area (Å²) in [6.45, 7) is 2.58. The molecule has 5 heteroatoms. The number of rotatable bonds is 4. The molecule has 0 spiro atoms. The topological polar surface area (TPSA) is 83.6 Å². The maximum absolute atomic E-state index is 12.3. The Kier molecular flexibility index (Phi) is 4.63. The Morgan fingerprint density at radius 1 is 1.38 bits per heavy atom. The van der Waals surface area contributed by atoms with Gasteiger partial charge in [-0.2, -0.15) is 0 Å². The molecular formula is C16H22N2O3. The van der Waals surface area contributed by atoms with Crippen molar-refractivity contribution in [1.82, 2.24) is 4.90 Å². The SMILES string of the molecule is CC1(C(=O)O)CCCN(C(=O)CC(N)c2ccccc2)C1. The fourth-order valence-electron chi connectivity index (χ4n) is 2.76. The molecular weight excluding hydrogens is 268 g/mol. The largest absolute Gasteiger partial charge is 0.481 e. The van der Waals surface area contributed by atoms with Crippen molar-refractivity contribution in [2.24, 2.45) is 11.1 Å². The number of carboxylic acid groups (broad SMARTS) is 1. The van der Waals surface area contributed by atoms with E-state index in [4.69, 9.17) is 5.73 Å². The highest BCUT2D eigenvalue weighted by atomic mass is 16.4. The highest BCUT2D eigenvalue weighted by molar-refractivity contribution is 5.80. The van der Waals surface area contributed by atoms with Gasteiger partial charge in [-0.15, -0.1) is 0 Å². The van der Waals surface area contributed by atoms with Gasteiger partial charge in [0.05, 0.1) is 5.41 Å². The van der Waals surface area contributed by atoms with E-state index in [-0.39, 0.29) is 24.9 Å². The molecule has 1 aromatic rings. The molecule has 1 aromatic carbocycles. The fraction of sp³-hybridized carbons (Fsp3) is 0.500. The van der Waals surface area contributed by atoms with E-state index in [9.17, 15) is 14.7 Å². The van der Waals surface area contributed by atoms with E-state index < -0.39 is 11.4 Å². The Bertz CT molecular complexity index is 518. The van der Waals surface area contributed by atoms with Crippen LogP contribution in [0.25, 0.3) is 0 Å². The van der Waals surface area contributed by atoms with E-state index >= 15 is 0 Å². The molecule has 2 rings (SSSR count). The minimum Gasteiger partial charge on any atom is -0.481 e. The van der Waals surface area contributed by atoms with Crippen LogP contribution in [0.2, 0.25) is 0 Å². The van der Waals surface area contributed by atoms with Gasteiger partial charge in [-0.25, -0.2) is 0 Å². The number of nitrogens with zero attached hydrogens (tertiary/aromatic N) is 1. The van der Waals surface area contributed by atoms with Gasteiger partial charge in [0.15, 0.2) is 0 Å². The van der Waals surface area contributed by atoms with Crippen LogP contribution < -0.4 is 5.73 Å². The monoisotopic (exact) mass is 290 g/mol. The molecule has 1 saturated heterocycles. The lowest BCUT2D eigenvalue weighted by molar-refractivity contribution is -0.153. The molecule has 0 radical (unpaired) electrons. The lowest BCUT2D eigenvalue weighted by Gasteiger charge is -2.38. The number of hydrogen-bond donors (Lipinski definition) is 2. The molecule has 114 valence electrons. The van der Waals surface area contributed by atoms with Crippen LogP contribution in [-0.2, 0) is 9.59 Å². The summed E-state index contributed by atoms with van der Waals surface area (Å²) in [7, 11) is 0. The molecule has 0 aliphatic carbocycles. The molecule has 1 aliphatic rings. The van der Waals surface area contributed by atoms with Crippen LogP contribution in [0.1, 0.15) is 37.8 Å². The number of nitrogens with two attached hydrogens (primary N) is 1. The summed E-state index contributed by atoms with van der Waals surface area (Å²) in [4.78, 5) is 25.3. The van der Waals surface area contributed by atoms with Crippen LogP contribution >= 0.6 is 0 Å². The highest BCUT2D eigenvalue weighted by Crippen LogP contribution is 2.30. The first-order chi connectivity index (χ1) is 9.92. The number of likely N-dealkylation sites (tertiary alicyclic amines) is 1. The van der Waals surface area contributed by atoms with Gasteiger partial charge < -0.3 is 15.7 Å². The fourth-order valence-corrected chi connectivity index (χ4v) is 2.76. The van der Waals surface area contributed by atoms with E-state index in [0.717, 1.165) is 12.0 Å². The molecule has 1 fully saturated rings. The summed E-state index contributed by atoms with van der Waals surface area (Å²) in [6, 6.07) is 9.13. The third-order valence-corrected chi connectivity index (χ3v) is 4.19. The van der Waals surface area contributed by atoms with Crippen molar-refractivity contribution in [3.05, 3.63) is 35.9 Å². The third-order valence-electron chi connectivity index (χ3n) is 4.19. The number of amides is 1. The van der Waals surface area contributed by atoms with Crippen molar-refractivity contribution in [2.45, 2.75) is 32.2 Å². The number of piperidine rings is 1. The number of carbonyl (C=O) groups is 2. The van der Waals surface area contributed by atoms with Gasteiger partial charge in [0.2, 0.25) is 5.91 Å². The summed E-state index contributed by atoms with van der Waals surface area (Å²) in [6.07, 6.45) is 1.53. The maximum atomic E-state index is 12.3. The number of hydrogen-bond acceptors (Lipinski definition) is 3. The average molecular weight is 290 g/mol. The van der Waals surface area contributed by atoms with Gasteiger partial charge in [-0.3, -0.25) is 9.59 Å². The number of benzene rings is 1. The first kappa shape index (κ1) is 15.5. The van der Waals surface area contributed by atoms with Crippen LogP contribution in [0.5, 0.6) is 0 Å². The minimum absolute atomic E-state index is 0.0708. The Hall–Kier alpha value is -1.88. The second-order valence-corrected chi connectivity index (χ2v) is 6.01. The van der Waals surface area contributed by atoms with Crippen LogP contribution in [0.15, 0.2) is 30.3 Å². The van der Waals surface area contributed by atoms with Crippen molar-refractivity contribution in [3.8, 4) is 0 Å². The summed E-state index contributed by atoms with van der Waals surface area (Å²) in [5.41, 5.74) is 6.14. The molecule has 3 N–H and O–H groups in total. The smallest absolute Gasteiger partial charge is 0.311 e. The molecule has 0 saturated carbocycles. The molecule has 2 atom stereocenters. The zero-order valence-electron chi connectivity index (χ0n) is 12.3. The van der Waals surface area contributed by atoms with Gasteiger partial charge >= 0.3 is 5.97 Å². The van der Waals surface area contributed by atoms with Crippen molar-refractivity contribution in [1.29, 1.82) is 0 Å². The van der Waals surface area contributed by atoms with Gasteiger partial charge in [0, 0.05) is 25.6 Å². The minimum atomic E-state index is -0.843. The first-order valence-electron chi connectivity index (χ1n) is 7.24. The maximum Gasteiger partial charge on any atom is 0.311 e.